The van der Waals surface area contributed by atoms with Crippen LogP contribution in [0.3, 0.4) is 0 Å². The van der Waals surface area contributed by atoms with E-state index in [-0.39, 0.29) is 11.4 Å². The number of carboxylic acid groups (broad SMARTS) is 1. The number of carbonyl (C=O) groups is 2. The van der Waals surface area contributed by atoms with E-state index in [1.54, 1.807) is 25.1 Å². The van der Waals surface area contributed by atoms with E-state index in [4.69, 9.17) is 5.11 Å². The number of aromatic amines is 1. The molecule has 0 fully saturated rings. The van der Waals surface area contributed by atoms with Gasteiger partial charge in [-0.05, 0) is 13.0 Å². The quantitative estimate of drug-likeness (QED) is 0.793. The number of aromatic carboxylic acids is 1. The number of nitrogens with one attached hydrogen (secondary N) is 2. The van der Waals surface area contributed by atoms with Gasteiger partial charge in [0.25, 0.3) is 5.91 Å². The molecule has 3 N–H and O–H groups in total. The van der Waals surface area contributed by atoms with Gasteiger partial charge < -0.3 is 15.4 Å². The van der Waals surface area contributed by atoms with Crippen molar-refractivity contribution in [1.82, 2.24) is 15.3 Å². The molecule has 0 aliphatic carbocycles. The maximum Gasteiger partial charge on any atom is 0.354 e. The topological polar surface area (TPSA) is 95.1 Å². The Morgan fingerprint density at radius 1 is 1.40 bits per heavy atom. The fourth-order valence-corrected chi connectivity index (χ4v) is 1.80. The van der Waals surface area contributed by atoms with Crippen molar-refractivity contribution < 1.29 is 19.1 Å². The molecule has 0 saturated heterocycles. The van der Waals surface area contributed by atoms with Crippen LogP contribution in [0.4, 0.5) is 4.39 Å². The van der Waals surface area contributed by atoms with Crippen molar-refractivity contribution in [3.8, 4) is 0 Å². The first-order valence-electron chi connectivity index (χ1n) is 5.82. The Morgan fingerprint density at radius 3 is 2.75 bits per heavy atom. The van der Waals surface area contributed by atoms with Crippen LogP contribution in [-0.4, -0.2) is 27.0 Å². The molecule has 6 nitrogen and oxygen atoms in total. The summed E-state index contributed by atoms with van der Waals surface area (Å²) in [7, 11) is 0. The van der Waals surface area contributed by atoms with Crippen LogP contribution in [0.2, 0.25) is 0 Å². The average Bonchev–Trinajstić information content (AvgIpc) is 2.88. The van der Waals surface area contributed by atoms with E-state index >= 15 is 0 Å². The number of imidazole rings is 1. The number of nitrogens with zero attached hydrogens (tertiary/aromatic N) is 1. The molecule has 0 aliphatic heterocycles. The van der Waals surface area contributed by atoms with Gasteiger partial charge in [0.1, 0.15) is 5.82 Å². The number of benzene rings is 1. The monoisotopic (exact) mass is 277 g/mol. The van der Waals surface area contributed by atoms with Gasteiger partial charge in [-0.2, -0.15) is 0 Å². The minimum Gasteiger partial charge on any atom is -0.477 e. The summed E-state index contributed by atoms with van der Waals surface area (Å²) < 4.78 is 13.6. The third-order valence-electron chi connectivity index (χ3n) is 2.79. The third kappa shape index (κ3) is 2.66. The molecule has 0 saturated carbocycles. The van der Waals surface area contributed by atoms with Gasteiger partial charge in [-0.15, -0.1) is 0 Å². The van der Waals surface area contributed by atoms with Gasteiger partial charge in [0.15, 0.2) is 11.4 Å². The Labute approximate surface area is 113 Å². The Bertz CT molecular complexity index is 654. The van der Waals surface area contributed by atoms with Crippen molar-refractivity contribution in [2.45, 2.75) is 13.0 Å². The highest BCUT2D eigenvalue weighted by atomic mass is 19.1. The van der Waals surface area contributed by atoms with Crippen LogP contribution in [0, 0.1) is 5.82 Å². The van der Waals surface area contributed by atoms with Crippen LogP contribution in [0.15, 0.2) is 30.6 Å². The lowest BCUT2D eigenvalue weighted by atomic mass is 10.1. The van der Waals surface area contributed by atoms with Crippen molar-refractivity contribution in [2.24, 2.45) is 0 Å². The highest BCUT2D eigenvalue weighted by Crippen LogP contribution is 2.16. The summed E-state index contributed by atoms with van der Waals surface area (Å²) in [6.45, 7) is 1.60. The van der Waals surface area contributed by atoms with Crippen molar-refractivity contribution in [3.05, 3.63) is 53.4 Å². The van der Waals surface area contributed by atoms with Gasteiger partial charge in [0.2, 0.25) is 0 Å². The van der Waals surface area contributed by atoms with Crippen LogP contribution < -0.4 is 5.32 Å². The molecule has 2 aromatic rings. The van der Waals surface area contributed by atoms with Crippen molar-refractivity contribution in [3.63, 3.8) is 0 Å². The van der Waals surface area contributed by atoms with Crippen LogP contribution in [0.5, 0.6) is 0 Å². The van der Waals surface area contributed by atoms with Gasteiger partial charge in [-0.25, -0.2) is 14.2 Å². The minimum absolute atomic E-state index is 0.235. The minimum atomic E-state index is -1.29. The normalized spacial score (nSPS) is 11.9. The van der Waals surface area contributed by atoms with Crippen LogP contribution in [0.25, 0.3) is 0 Å². The Balaban J connectivity index is 2.18. The zero-order chi connectivity index (χ0) is 14.7. The molecular weight excluding hydrogens is 265 g/mol. The largest absolute Gasteiger partial charge is 0.477 e. The van der Waals surface area contributed by atoms with Gasteiger partial charge >= 0.3 is 5.97 Å². The molecule has 2 rings (SSSR count). The lowest BCUT2D eigenvalue weighted by Gasteiger charge is -2.14. The fourth-order valence-electron chi connectivity index (χ4n) is 1.80. The number of aromatic nitrogens is 2. The molecule has 0 aliphatic rings. The van der Waals surface area contributed by atoms with E-state index < -0.39 is 23.7 Å². The zero-order valence-electron chi connectivity index (χ0n) is 10.6. The molecule has 0 radical (unpaired) electrons. The highest BCUT2D eigenvalue weighted by molar-refractivity contribution is 6.02. The Hall–Kier alpha value is -2.70. The van der Waals surface area contributed by atoms with Crippen molar-refractivity contribution >= 4 is 11.9 Å². The number of carboxylic acids is 1. The molecule has 1 atom stereocenters. The highest BCUT2D eigenvalue weighted by Gasteiger charge is 2.22. The van der Waals surface area contributed by atoms with Gasteiger partial charge in [-0.3, -0.25) is 4.79 Å². The summed E-state index contributed by atoms with van der Waals surface area (Å²) in [5, 5.41) is 11.4. The second-order valence-electron chi connectivity index (χ2n) is 4.15. The van der Waals surface area contributed by atoms with Gasteiger partial charge in [0, 0.05) is 5.56 Å². The summed E-state index contributed by atoms with van der Waals surface area (Å²) >= 11 is 0. The summed E-state index contributed by atoms with van der Waals surface area (Å²) in [5.74, 6) is -2.41. The first-order chi connectivity index (χ1) is 9.50. The SMILES string of the molecule is C[C@@H](NC(=O)c1nc[nH]c1C(=O)O)c1ccccc1F. The van der Waals surface area contributed by atoms with Gasteiger partial charge in [-0.1, -0.05) is 18.2 Å². The summed E-state index contributed by atoms with van der Waals surface area (Å²) in [4.78, 5) is 28.9. The summed E-state index contributed by atoms with van der Waals surface area (Å²) in [5.41, 5.74) is -0.225. The van der Waals surface area contributed by atoms with Crippen LogP contribution >= 0.6 is 0 Å². The molecule has 1 aromatic carbocycles. The van der Waals surface area contributed by atoms with E-state index in [9.17, 15) is 14.0 Å². The summed E-state index contributed by atoms with van der Waals surface area (Å²) in [6.07, 6.45) is 1.12. The van der Waals surface area contributed by atoms with Crippen molar-refractivity contribution in [2.75, 3.05) is 0 Å². The third-order valence-corrected chi connectivity index (χ3v) is 2.79. The van der Waals surface area contributed by atoms with Crippen molar-refractivity contribution in [1.29, 1.82) is 0 Å². The maximum atomic E-state index is 13.6. The second kappa shape index (κ2) is 5.52. The number of hydrogen-bond acceptors (Lipinski definition) is 3. The number of rotatable bonds is 4. The standard InChI is InChI=1S/C13H12FN3O3/c1-7(8-4-2-3-5-9(8)14)17-12(18)10-11(13(19)20)16-6-15-10/h2-7H,1H3,(H,15,16)(H,17,18)(H,19,20)/t7-/m1/s1. The summed E-state index contributed by atoms with van der Waals surface area (Å²) in [6, 6.07) is 5.42. The number of H-pyrrole nitrogens is 1. The second-order valence-corrected chi connectivity index (χ2v) is 4.15. The number of amides is 1. The molecular formula is C13H12FN3O3. The molecule has 1 aromatic heterocycles. The molecule has 1 amide bonds. The Kier molecular flexibility index (Phi) is 3.79. The fraction of sp³-hybridized carbons (Fsp3) is 0.154. The predicted octanol–water partition coefficient (Wildman–Crippen LogP) is 1.74. The lowest BCUT2D eigenvalue weighted by Crippen LogP contribution is -2.29. The number of carbonyl (C=O) groups excluding carboxylic acids is 1. The average molecular weight is 277 g/mol. The Morgan fingerprint density at radius 2 is 2.10 bits per heavy atom. The number of halogens is 1. The smallest absolute Gasteiger partial charge is 0.354 e. The van der Waals surface area contributed by atoms with E-state index in [1.807, 2.05) is 0 Å². The molecule has 20 heavy (non-hydrogen) atoms. The first-order valence-corrected chi connectivity index (χ1v) is 5.82. The molecule has 0 spiro atoms. The molecule has 0 unspecified atom stereocenters. The van der Waals surface area contributed by atoms with Gasteiger partial charge in [0.05, 0.1) is 12.4 Å². The van der Waals surface area contributed by atoms with Crippen LogP contribution in [-0.2, 0) is 0 Å². The zero-order valence-corrected chi connectivity index (χ0v) is 10.6. The maximum absolute atomic E-state index is 13.6. The van der Waals surface area contributed by atoms with E-state index in [2.05, 4.69) is 15.3 Å². The molecule has 1 heterocycles. The number of hydrogen-bond donors (Lipinski definition) is 3. The van der Waals surface area contributed by atoms with Crippen LogP contribution in [0.1, 0.15) is 39.5 Å². The first kappa shape index (κ1) is 13.7. The molecule has 0 bridgehead atoms. The lowest BCUT2D eigenvalue weighted by molar-refractivity contribution is 0.0684. The van der Waals surface area contributed by atoms with E-state index in [0.29, 0.717) is 5.56 Å². The molecule has 7 heteroatoms. The predicted molar refractivity (Wildman–Crippen MR) is 67.8 cm³/mol. The van der Waals surface area contributed by atoms with E-state index in [1.165, 1.54) is 6.07 Å². The van der Waals surface area contributed by atoms with E-state index in [0.717, 1.165) is 6.33 Å². The molecule has 104 valence electrons.